The van der Waals surface area contributed by atoms with E-state index in [1.165, 1.54) is 22.1 Å². The van der Waals surface area contributed by atoms with Crippen molar-refractivity contribution in [1.82, 2.24) is 15.0 Å². The third-order valence-corrected chi connectivity index (χ3v) is 14.8. The molecule has 362 valence electrons. The first-order chi connectivity index (χ1) is 38.1. The molecule has 0 bridgehead atoms. The second-order valence-electron chi connectivity index (χ2n) is 19.6. The summed E-state index contributed by atoms with van der Waals surface area (Å²) >= 11 is 0. The smallest absolute Gasteiger partial charge is 0.0712 e. The first kappa shape index (κ1) is 46.7. The normalized spacial score (nSPS) is 11.2. The van der Waals surface area contributed by atoms with Crippen LogP contribution >= 0.6 is 0 Å². The van der Waals surface area contributed by atoms with Crippen LogP contribution in [0.2, 0.25) is 0 Å². The van der Waals surface area contributed by atoms with Crippen LogP contribution in [-0.4, -0.2) is 15.0 Å². The number of benzene rings is 10. The first-order valence-corrected chi connectivity index (χ1v) is 26.2. The number of hydrogen-bond donors (Lipinski definition) is 0. The van der Waals surface area contributed by atoms with Crippen LogP contribution in [-0.2, 0) is 0 Å². The Kier molecular flexibility index (Phi) is 12.5. The Morgan fingerprint density at radius 3 is 1.12 bits per heavy atom. The highest BCUT2D eigenvalue weighted by Crippen LogP contribution is 2.45. The van der Waals surface area contributed by atoms with Crippen LogP contribution in [0.3, 0.4) is 0 Å². The molecule has 77 heavy (non-hydrogen) atoms. The molecule has 0 aliphatic rings. The van der Waals surface area contributed by atoms with Gasteiger partial charge in [0, 0.05) is 34.5 Å². The Morgan fingerprint density at radius 1 is 0.221 bits per heavy atom. The second-order valence-corrected chi connectivity index (χ2v) is 19.6. The zero-order chi connectivity index (χ0) is 51.5. The van der Waals surface area contributed by atoms with Crippen molar-refractivity contribution in [2.45, 2.75) is 6.92 Å². The molecule has 0 amide bonds. The molecular weight excluding hydrogens is 931 g/mol. The van der Waals surface area contributed by atoms with Crippen LogP contribution in [0.25, 0.3) is 134 Å². The van der Waals surface area contributed by atoms with E-state index in [0.717, 1.165) is 117 Å². The summed E-state index contributed by atoms with van der Waals surface area (Å²) in [5, 5.41) is 1.17. The first-order valence-electron chi connectivity index (χ1n) is 26.2. The quantitative estimate of drug-likeness (QED) is 0.130. The third-order valence-electron chi connectivity index (χ3n) is 14.8. The van der Waals surface area contributed by atoms with Crippen molar-refractivity contribution >= 4 is 10.9 Å². The van der Waals surface area contributed by atoms with Gasteiger partial charge in [-0.1, -0.05) is 218 Å². The topological polar surface area (TPSA) is 38.7 Å². The van der Waals surface area contributed by atoms with Gasteiger partial charge in [-0.05, 0) is 162 Å². The lowest BCUT2D eigenvalue weighted by molar-refractivity contribution is 1.33. The number of hydrogen-bond acceptors (Lipinski definition) is 3. The van der Waals surface area contributed by atoms with Gasteiger partial charge in [0.15, 0.2) is 0 Å². The van der Waals surface area contributed by atoms with Crippen LogP contribution in [0.5, 0.6) is 0 Å². The average Bonchev–Trinajstić information content (AvgIpc) is 3.52. The van der Waals surface area contributed by atoms with Gasteiger partial charge in [0.05, 0.1) is 22.6 Å². The van der Waals surface area contributed by atoms with Crippen LogP contribution in [0.4, 0.5) is 0 Å². The van der Waals surface area contributed by atoms with E-state index in [4.69, 9.17) is 4.98 Å². The number of para-hydroxylation sites is 1. The van der Waals surface area contributed by atoms with E-state index in [0.29, 0.717) is 0 Å². The molecule has 0 atom stereocenters. The largest absolute Gasteiger partial charge is 0.256 e. The Hall–Kier alpha value is -10.1. The minimum atomic E-state index is 0.954. The van der Waals surface area contributed by atoms with Gasteiger partial charge < -0.3 is 0 Å². The molecule has 0 N–H and O–H groups in total. The molecule has 10 aromatic carbocycles. The average molecular weight is 982 g/mol. The van der Waals surface area contributed by atoms with Crippen molar-refractivity contribution in [2.24, 2.45) is 0 Å². The fourth-order valence-corrected chi connectivity index (χ4v) is 10.9. The predicted octanol–water partition coefficient (Wildman–Crippen LogP) is 19.7. The molecule has 3 aromatic heterocycles. The second kappa shape index (κ2) is 20.7. The summed E-state index contributed by atoms with van der Waals surface area (Å²) in [5.74, 6) is 0. The highest BCUT2D eigenvalue weighted by molar-refractivity contribution is 5.98. The van der Waals surface area contributed by atoms with E-state index in [-0.39, 0.29) is 0 Å². The molecule has 0 fully saturated rings. The Labute approximate surface area is 450 Å². The SMILES string of the molecule is Cc1cc(-c2ccc(-c3ccccc3-c3cc(-c4ccccc4-c4ccc(-c5ccccn5)cc4)cc(-c4ccccc4-c4ccc(-c5ccccn5)cc4)c3)c(-c3ccc(-c4ccccc4)cc3)c2)nc2ccccc12. The van der Waals surface area contributed by atoms with E-state index < -0.39 is 0 Å². The van der Waals surface area contributed by atoms with Crippen molar-refractivity contribution in [3.8, 4) is 123 Å². The van der Waals surface area contributed by atoms with Crippen LogP contribution in [0, 0.1) is 6.92 Å². The maximum atomic E-state index is 5.23. The summed E-state index contributed by atoms with van der Waals surface area (Å²) < 4.78 is 0. The van der Waals surface area contributed by atoms with Crippen molar-refractivity contribution in [3.63, 3.8) is 0 Å². The standard InChI is InChI=1S/C74H51N3/c1-50-45-74(77-73-28-12-11-19-62(50)73)58-41-42-69(70(49-58)55-31-29-52(30-32-55)51-17-3-2-4-18-51)68-25-10-9-24-67(68)61-47-59(65-22-7-5-20-63(65)53-33-37-56(38-34-53)71-26-13-15-43-75-71)46-60(48-61)66-23-8-6-21-64(66)54-35-39-57(40-36-54)72-27-14-16-44-76-72/h2-49H,1H3. The monoisotopic (exact) mass is 981 g/mol. The van der Waals surface area contributed by atoms with Crippen LogP contribution < -0.4 is 0 Å². The third kappa shape index (κ3) is 9.44. The van der Waals surface area contributed by atoms with E-state index in [2.05, 4.69) is 272 Å². The predicted molar refractivity (Wildman–Crippen MR) is 322 cm³/mol. The van der Waals surface area contributed by atoms with Gasteiger partial charge in [0.2, 0.25) is 0 Å². The molecule has 0 aliphatic heterocycles. The van der Waals surface area contributed by atoms with E-state index in [9.17, 15) is 0 Å². The van der Waals surface area contributed by atoms with Crippen molar-refractivity contribution in [1.29, 1.82) is 0 Å². The lowest BCUT2D eigenvalue weighted by Crippen LogP contribution is -1.94. The molecule has 3 nitrogen and oxygen atoms in total. The molecule has 13 aromatic rings. The maximum absolute atomic E-state index is 5.23. The summed E-state index contributed by atoms with van der Waals surface area (Å²) in [6.45, 7) is 2.18. The number of aryl methyl sites for hydroxylation is 1. The molecule has 13 rings (SSSR count). The summed E-state index contributed by atoms with van der Waals surface area (Å²) in [5.41, 5.74) is 26.6. The summed E-state index contributed by atoms with van der Waals surface area (Å²) in [6.07, 6.45) is 3.69. The lowest BCUT2D eigenvalue weighted by atomic mass is 9.84. The molecule has 3 heteroatoms. The van der Waals surface area contributed by atoms with Gasteiger partial charge in [-0.2, -0.15) is 0 Å². The summed E-state index contributed by atoms with van der Waals surface area (Å²) in [7, 11) is 0. The highest BCUT2D eigenvalue weighted by atomic mass is 14.7. The lowest BCUT2D eigenvalue weighted by Gasteiger charge is -2.19. The van der Waals surface area contributed by atoms with Gasteiger partial charge in [0.1, 0.15) is 0 Å². The number of nitrogens with zero attached hydrogens (tertiary/aromatic N) is 3. The fourth-order valence-electron chi connectivity index (χ4n) is 10.9. The van der Waals surface area contributed by atoms with Gasteiger partial charge >= 0.3 is 0 Å². The molecule has 0 spiro atoms. The molecular formula is C74H51N3. The van der Waals surface area contributed by atoms with Gasteiger partial charge in [-0.25, -0.2) is 4.98 Å². The molecule has 0 aliphatic carbocycles. The van der Waals surface area contributed by atoms with Crippen LogP contribution in [0.1, 0.15) is 5.56 Å². The van der Waals surface area contributed by atoms with Gasteiger partial charge in [-0.3, -0.25) is 9.97 Å². The van der Waals surface area contributed by atoms with E-state index >= 15 is 0 Å². The Balaban J connectivity index is 0.991. The number of rotatable bonds is 11. The number of fused-ring (bicyclic) bond motifs is 1. The Morgan fingerprint density at radius 2 is 0.597 bits per heavy atom. The van der Waals surface area contributed by atoms with Gasteiger partial charge in [-0.15, -0.1) is 0 Å². The minimum Gasteiger partial charge on any atom is -0.256 e. The van der Waals surface area contributed by atoms with Crippen LogP contribution in [0.15, 0.2) is 291 Å². The highest BCUT2D eigenvalue weighted by Gasteiger charge is 2.19. The van der Waals surface area contributed by atoms with Gasteiger partial charge in [0.25, 0.3) is 0 Å². The van der Waals surface area contributed by atoms with E-state index in [1.54, 1.807) is 0 Å². The summed E-state index contributed by atoms with van der Waals surface area (Å²) in [4.78, 5) is 14.5. The minimum absolute atomic E-state index is 0.954. The molecule has 0 saturated carbocycles. The van der Waals surface area contributed by atoms with Crippen molar-refractivity contribution < 1.29 is 0 Å². The molecule has 0 radical (unpaired) electrons. The zero-order valence-corrected chi connectivity index (χ0v) is 42.6. The molecule has 0 saturated heterocycles. The molecule has 0 unspecified atom stereocenters. The maximum Gasteiger partial charge on any atom is 0.0712 e. The summed E-state index contributed by atoms with van der Waals surface area (Å²) in [6, 6.07) is 101. The molecule has 3 heterocycles. The van der Waals surface area contributed by atoms with Crippen molar-refractivity contribution in [3.05, 3.63) is 297 Å². The zero-order valence-electron chi connectivity index (χ0n) is 42.6. The number of aromatic nitrogens is 3. The Bertz CT molecular complexity index is 4080. The van der Waals surface area contributed by atoms with Crippen molar-refractivity contribution in [2.75, 3.05) is 0 Å². The fraction of sp³-hybridized carbons (Fsp3) is 0.0135. The number of pyridine rings is 3. The van der Waals surface area contributed by atoms with E-state index in [1.807, 2.05) is 36.7 Å².